The van der Waals surface area contributed by atoms with Gasteiger partial charge in [0.15, 0.2) is 11.5 Å². The first-order valence-electron chi connectivity index (χ1n) is 11.2. The van der Waals surface area contributed by atoms with Gasteiger partial charge in [-0.05, 0) is 48.7 Å². The van der Waals surface area contributed by atoms with E-state index in [9.17, 15) is 4.79 Å². The molecule has 0 aromatic heterocycles. The van der Waals surface area contributed by atoms with E-state index in [1.165, 1.54) is 10.6 Å². The lowest BCUT2D eigenvalue weighted by atomic mass is 9.90. The predicted molar refractivity (Wildman–Crippen MR) is 134 cm³/mol. The Morgan fingerprint density at radius 1 is 1.03 bits per heavy atom. The molecular formula is C27H26ClN3O3. The van der Waals surface area contributed by atoms with Crippen LogP contribution in [0.2, 0.25) is 5.02 Å². The van der Waals surface area contributed by atoms with Crippen LogP contribution in [0.25, 0.3) is 0 Å². The van der Waals surface area contributed by atoms with E-state index >= 15 is 0 Å². The van der Waals surface area contributed by atoms with E-state index in [2.05, 4.69) is 17.4 Å². The molecule has 2 aliphatic heterocycles. The van der Waals surface area contributed by atoms with Gasteiger partial charge in [-0.1, -0.05) is 53.6 Å². The molecule has 0 saturated carbocycles. The van der Waals surface area contributed by atoms with Crippen LogP contribution in [-0.4, -0.2) is 29.1 Å². The van der Waals surface area contributed by atoms with Crippen LogP contribution in [0.4, 0.5) is 10.5 Å². The molecule has 2 aliphatic rings. The summed E-state index contributed by atoms with van der Waals surface area (Å²) < 4.78 is 11.6. The number of rotatable bonds is 3. The molecule has 1 atom stereocenters. The molecule has 0 saturated heterocycles. The summed E-state index contributed by atoms with van der Waals surface area (Å²) in [6, 6.07) is 19.3. The molecule has 3 aromatic rings. The van der Waals surface area contributed by atoms with Gasteiger partial charge in [0.25, 0.3) is 0 Å². The van der Waals surface area contributed by atoms with Gasteiger partial charge in [0.05, 0.1) is 12.3 Å². The summed E-state index contributed by atoms with van der Waals surface area (Å²) in [5, 5.41) is 9.89. The van der Waals surface area contributed by atoms with Gasteiger partial charge >= 0.3 is 6.03 Å². The number of carbonyl (C=O) groups excluding carboxylic acids is 1. The lowest BCUT2D eigenvalue weighted by molar-refractivity contribution is -0.0431. The van der Waals surface area contributed by atoms with E-state index in [1.807, 2.05) is 70.2 Å². The van der Waals surface area contributed by atoms with Crippen LogP contribution in [0.3, 0.4) is 0 Å². The highest BCUT2D eigenvalue weighted by Gasteiger charge is 2.34. The number of benzene rings is 3. The number of urea groups is 1. The quantitative estimate of drug-likeness (QED) is 0.470. The second-order valence-corrected chi connectivity index (χ2v) is 9.62. The van der Waals surface area contributed by atoms with E-state index in [-0.39, 0.29) is 11.9 Å². The molecule has 5 rings (SSSR count). The number of nitrogens with zero attached hydrogens (tertiary/aromatic N) is 2. The van der Waals surface area contributed by atoms with Crippen molar-refractivity contribution in [2.24, 2.45) is 5.10 Å². The van der Waals surface area contributed by atoms with E-state index in [1.54, 1.807) is 6.07 Å². The molecule has 34 heavy (non-hydrogen) atoms. The number of ether oxygens (including phenoxy) is 2. The van der Waals surface area contributed by atoms with Crippen molar-refractivity contribution in [1.82, 2.24) is 5.01 Å². The normalized spacial score (nSPS) is 18.1. The van der Waals surface area contributed by atoms with Crippen molar-refractivity contribution >= 4 is 29.0 Å². The van der Waals surface area contributed by atoms with Gasteiger partial charge in [0, 0.05) is 36.5 Å². The van der Waals surface area contributed by atoms with Crippen LogP contribution in [-0.2, 0) is 0 Å². The fourth-order valence-electron chi connectivity index (χ4n) is 4.26. The number of anilines is 1. The van der Waals surface area contributed by atoms with Crippen LogP contribution < -0.4 is 14.8 Å². The molecular weight excluding hydrogens is 450 g/mol. The third kappa shape index (κ3) is 4.33. The fourth-order valence-corrected chi connectivity index (χ4v) is 4.38. The van der Waals surface area contributed by atoms with Gasteiger partial charge in [0.2, 0.25) is 5.79 Å². The Morgan fingerprint density at radius 3 is 2.35 bits per heavy atom. The summed E-state index contributed by atoms with van der Waals surface area (Å²) in [6.07, 6.45) is 0. The summed E-state index contributed by atoms with van der Waals surface area (Å²) in [5.41, 5.74) is 5.60. The smallest absolute Gasteiger partial charge is 0.342 e. The molecule has 3 aromatic carbocycles. The van der Waals surface area contributed by atoms with Gasteiger partial charge < -0.3 is 14.8 Å². The predicted octanol–water partition coefficient (Wildman–Crippen LogP) is 6.50. The third-order valence-corrected chi connectivity index (χ3v) is 6.26. The summed E-state index contributed by atoms with van der Waals surface area (Å²) in [6.45, 7) is 8.09. The van der Waals surface area contributed by atoms with Gasteiger partial charge in [-0.15, -0.1) is 0 Å². The molecule has 6 nitrogen and oxygen atoms in total. The van der Waals surface area contributed by atoms with Crippen molar-refractivity contribution in [3.63, 3.8) is 0 Å². The lowest BCUT2D eigenvalue weighted by Gasteiger charge is -2.17. The van der Waals surface area contributed by atoms with Gasteiger partial charge in [-0.2, -0.15) is 5.10 Å². The molecule has 0 aliphatic carbocycles. The van der Waals surface area contributed by atoms with Crippen molar-refractivity contribution in [1.29, 1.82) is 0 Å². The zero-order chi connectivity index (χ0) is 24.0. The van der Waals surface area contributed by atoms with Crippen molar-refractivity contribution < 1.29 is 14.3 Å². The average molecular weight is 476 g/mol. The fraction of sp³-hybridized carbons (Fsp3) is 0.259. The topological polar surface area (TPSA) is 63.2 Å². The first kappa shape index (κ1) is 22.3. The first-order valence-corrected chi connectivity index (χ1v) is 11.6. The minimum Gasteiger partial charge on any atom is -0.449 e. The Labute approximate surface area is 204 Å². The number of carbonyl (C=O) groups is 1. The van der Waals surface area contributed by atoms with Gasteiger partial charge in [-0.3, -0.25) is 0 Å². The number of halogens is 1. The monoisotopic (exact) mass is 475 g/mol. The molecule has 1 N–H and O–H groups in total. The Balaban J connectivity index is 1.43. The standard InChI is InChI=1S/C27H26ClN3O3/c1-16-5-7-19(8-6-16)25-21(18-9-11-20(28)12-10-18)15-31(30-25)26(32)29-22-14-24-23(13-17(22)2)33-27(3,4)34-24/h5-14,21H,15H2,1-4H3,(H,29,32). The highest BCUT2D eigenvalue weighted by Crippen LogP contribution is 2.42. The van der Waals surface area contributed by atoms with E-state index in [4.69, 9.17) is 26.2 Å². The number of nitrogens with one attached hydrogen (secondary N) is 1. The number of aryl methyl sites for hydroxylation is 2. The summed E-state index contributed by atoms with van der Waals surface area (Å²) in [4.78, 5) is 13.3. The summed E-state index contributed by atoms with van der Waals surface area (Å²) in [5.74, 6) is 0.481. The van der Waals surface area contributed by atoms with Crippen LogP contribution >= 0.6 is 11.6 Å². The first-order chi connectivity index (χ1) is 16.2. The molecule has 0 bridgehead atoms. The van der Waals surface area contributed by atoms with E-state index < -0.39 is 5.79 Å². The zero-order valence-electron chi connectivity index (χ0n) is 19.6. The molecule has 0 radical (unpaired) electrons. The second kappa shape index (κ2) is 8.37. The molecule has 2 amide bonds. The summed E-state index contributed by atoms with van der Waals surface area (Å²) in [7, 11) is 0. The van der Waals surface area contributed by atoms with Crippen LogP contribution in [0.5, 0.6) is 11.5 Å². The SMILES string of the molecule is Cc1ccc(C2=NN(C(=O)Nc3cc4c(cc3C)OC(C)(C)O4)CC2c2ccc(Cl)cc2)cc1. The number of hydrogen-bond donors (Lipinski definition) is 1. The average Bonchev–Trinajstić information content (AvgIpc) is 3.35. The van der Waals surface area contributed by atoms with Gasteiger partial charge in [-0.25, -0.2) is 9.80 Å². The highest BCUT2D eigenvalue weighted by atomic mass is 35.5. The molecule has 0 fully saturated rings. The number of hydrogen-bond acceptors (Lipinski definition) is 4. The zero-order valence-corrected chi connectivity index (χ0v) is 20.3. The Kier molecular flexibility index (Phi) is 5.48. The van der Waals surface area contributed by atoms with Crippen LogP contribution in [0, 0.1) is 13.8 Å². The maximum absolute atomic E-state index is 13.3. The van der Waals surface area contributed by atoms with E-state index in [0.29, 0.717) is 28.8 Å². The Bertz CT molecular complexity index is 1280. The largest absolute Gasteiger partial charge is 0.449 e. The molecule has 7 heteroatoms. The number of fused-ring (bicyclic) bond motifs is 1. The van der Waals surface area contributed by atoms with Crippen LogP contribution in [0.15, 0.2) is 65.8 Å². The summed E-state index contributed by atoms with van der Waals surface area (Å²) >= 11 is 6.11. The molecule has 1 unspecified atom stereocenters. The molecule has 0 spiro atoms. The van der Waals surface area contributed by atoms with E-state index in [0.717, 1.165) is 22.4 Å². The third-order valence-electron chi connectivity index (χ3n) is 6.01. The Morgan fingerprint density at radius 2 is 1.68 bits per heavy atom. The maximum atomic E-state index is 13.3. The van der Waals surface area contributed by atoms with Crippen LogP contribution in [0.1, 0.15) is 42.0 Å². The van der Waals surface area contributed by atoms with Crippen molar-refractivity contribution in [3.8, 4) is 11.5 Å². The minimum absolute atomic E-state index is 0.0654. The van der Waals surface area contributed by atoms with Crippen molar-refractivity contribution in [2.75, 3.05) is 11.9 Å². The maximum Gasteiger partial charge on any atom is 0.342 e. The number of amides is 2. The Hall–Kier alpha value is -3.51. The minimum atomic E-state index is -0.731. The van der Waals surface area contributed by atoms with Crippen molar-refractivity contribution in [3.05, 3.63) is 87.9 Å². The second-order valence-electron chi connectivity index (χ2n) is 9.19. The molecule has 174 valence electrons. The molecule has 2 heterocycles. The number of hydrazone groups is 1. The van der Waals surface area contributed by atoms with Gasteiger partial charge in [0.1, 0.15) is 0 Å². The highest BCUT2D eigenvalue weighted by molar-refractivity contribution is 6.30. The lowest BCUT2D eigenvalue weighted by Crippen LogP contribution is -2.30. The van der Waals surface area contributed by atoms with Crippen molar-refractivity contribution in [2.45, 2.75) is 39.4 Å².